The van der Waals surface area contributed by atoms with Gasteiger partial charge in [0.1, 0.15) is 5.75 Å². The average molecular weight is 206 g/mol. The molecule has 1 rings (SSSR count). The van der Waals surface area contributed by atoms with Crippen molar-refractivity contribution in [1.29, 1.82) is 0 Å². The lowest BCUT2D eigenvalue weighted by Gasteiger charge is -2.05. The number of aryl methyl sites for hydroxylation is 1. The molecule has 1 aromatic carbocycles. The van der Waals surface area contributed by atoms with E-state index in [1.165, 1.54) is 5.56 Å². The Morgan fingerprint density at radius 3 is 2.47 bits per heavy atom. The van der Waals surface area contributed by atoms with E-state index in [0.717, 1.165) is 24.2 Å². The van der Waals surface area contributed by atoms with Crippen LogP contribution in [0.2, 0.25) is 0 Å². The molecule has 15 heavy (non-hydrogen) atoms. The minimum Gasteiger partial charge on any atom is -0.497 e. The average Bonchev–Trinajstić information content (AvgIpc) is 2.27. The van der Waals surface area contributed by atoms with Crippen molar-refractivity contribution in [1.82, 2.24) is 0 Å². The van der Waals surface area contributed by atoms with E-state index in [-0.39, 0.29) is 6.61 Å². The molecule has 0 heterocycles. The van der Waals surface area contributed by atoms with Crippen LogP contribution in [-0.2, 0) is 6.42 Å². The molecule has 0 fully saturated rings. The molecule has 0 spiro atoms. The van der Waals surface area contributed by atoms with E-state index in [9.17, 15) is 0 Å². The molecule has 0 saturated heterocycles. The van der Waals surface area contributed by atoms with Crippen molar-refractivity contribution < 1.29 is 9.84 Å². The van der Waals surface area contributed by atoms with E-state index < -0.39 is 0 Å². The van der Waals surface area contributed by atoms with E-state index in [2.05, 4.69) is 18.7 Å². The maximum Gasteiger partial charge on any atom is 0.118 e. The zero-order valence-electron chi connectivity index (χ0n) is 9.20. The second-order valence-electron chi connectivity index (χ2n) is 3.57. The van der Waals surface area contributed by atoms with Gasteiger partial charge < -0.3 is 9.84 Å². The van der Waals surface area contributed by atoms with E-state index in [1.54, 1.807) is 7.11 Å². The molecule has 0 aliphatic rings. The van der Waals surface area contributed by atoms with Crippen LogP contribution in [0.15, 0.2) is 36.4 Å². The molecule has 0 aromatic heterocycles. The first kappa shape index (κ1) is 11.8. The number of aliphatic hydroxyl groups is 1. The van der Waals surface area contributed by atoms with Crippen molar-refractivity contribution in [3.8, 4) is 5.75 Å². The summed E-state index contributed by atoms with van der Waals surface area (Å²) < 4.78 is 5.08. The fraction of sp³-hybridized carbons (Fsp3) is 0.385. The Kier molecular flexibility index (Phi) is 4.91. The summed E-state index contributed by atoms with van der Waals surface area (Å²) in [5.41, 5.74) is 2.38. The smallest absolute Gasteiger partial charge is 0.118 e. The van der Waals surface area contributed by atoms with Crippen LogP contribution in [0.5, 0.6) is 5.75 Å². The number of benzene rings is 1. The zero-order valence-corrected chi connectivity index (χ0v) is 9.20. The van der Waals surface area contributed by atoms with Crippen molar-refractivity contribution in [3.63, 3.8) is 0 Å². The zero-order chi connectivity index (χ0) is 11.1. The molecule has 82 valence electrons. The van der Waals surface area contributed by atoms with E-state index >= 15 is 0 Å². The Balaban J connectivity index is 2.40. The predicted molar refractivity (Wildman–Crippen MR) is 62.2 cm³/mol. The van der Waals surface area contributed by atoms with Gasteiger partial charge in [-0.15, -0.1) is 0 Å². The summed E-state index contributed by atoms with van der Waals surface area (Å²) in [6.07, 6.45) is 2.62. The summed E-state index contributed by atoms with van der Waals surface area (Å²) in [4.78, 5) is 0. The van der Waals surface area contributed by atoms with Gasteiger partial charge in [-0.25, -0.2) is 0 Å². The molecule has 2 nitrogen and oxygen atoms in total. The largest absolute Gasteiger partial charge is 0.497 e. The lowest BCUT2D eigenvalue weighted by atomic mass is 10.0. The summed E-state index contributed by atoms with van der Waals surface area (Å²) in [6, 6.07) is 8.05. The van der Waals surface area contributed by atoms with Crippen molar-refractivity contribution in [2.45, 2.75) is 19.3 Å². The fourth-order valence-corrected chi connectivity index (χ4v) is 1.40. The minimum atomic E-state index is 0.196. The Bertz CT molecular complexity index is 301. The highest BCUT2D eigenvalue weighted by Crippen LogP contribution is 2.14. The molecule has 1 N–H and O–H groups in total. The van der Waals surface area contributed by atoms with E-state index in [0.29, 0.717) is 6.42 Å². The Morgan fingerprint density at radius 2 is 1.93 bits per heavy atom. The number of ether oxygens (including phenoxy) is 1. The molecular weight excluding hydrogens is 188 g/mol. The lowest BCUT2D eigenvalue weighted by Crippen LogP contribution is -1.91. The van der Waals surface area contributed by atoms with Crippen LogP contribution in [0.3, 0.4) is 0 Å². The van der Waals surface area contributed by atoms with Crippen LogP contribution in [0.4, 0.5) is 0 Å². The van der Waals surface area contributed by atoms with Gasteiger partial charge in [0.15, 0.2) is 0 Å². The van der Waals surface area contributed by atoms with Gasteiger partial charge >= 0.3 is 0 Å². The van der Waals surface area contributed by atoms with Gasteiger partial charge in [-0.05, 0) is 37.0 Å². The molecule has 0 aliphatic carbocycles. The van der Waals surface area contributed by atoms with Crippen molar-refractivity contribution in [3.05, 3.63) is 42.0 Å². The maximum atomic E-state index is 8.72. The first-order valence-corrected chi connectivity index (χ1v) is 5.16. The molecule has 1 aromatic rings. The van der Waals surface area contributed by atoms with Crippen LogP contribution in [-0.4, -0.2) is 18.8 Å². The van der Waals surface area contributed by atoms with Crippen molar-refractivity contribution in [2.75, 3.05) is 13.7 Å². The highest BCUT2D eigenvalue weighted by Gasteiger charge is 1.97. The van der Waals surface area contributed by atoms with Crippen LogP contribution >= 0.6 is 0 Å². The SMILES string of the molecule is C=C(CCO)CCc1ccc(OC)cc1. The standard InChI is InChI=1S/C13H18O2/c1-11(9-10-14)3-4-12-5-7-13(15-2)8-6-12/h5-8,14H,1,3-4,9-10H2,2H3. The maximum absolute atomic E-state index is 8.72. The molecule has 0 amide bonds. The van der Waals surface area contributed by atoms with Gasteiger partial charge in [0.25, 0.3) is 0 Å². The number of methoxy groups -OCH3 is 1. The van der Waals surface area contributed by atoms with Crippen LogP contribution < -0.4 is 4.74 Å². The van der Waals surface area contributed by atoms with Gasteiger partial charge in [0.2, 0.25) is 0 Å². The number of hydrogen-bond acceptors (Lipinski definition) is 2. The third kappa shape index (κ3) is 4.17. The van der Waals surface area contributed by atoms with Crippen molar-refractivity contribution in [2.24, 2.45) is 0 Å². The number of aliphatic hydroxyl groups excluding tert-OH is 1. The van der Waals surface area contributed by atoms with Gasteiger partial charge in [-0.1, -0.05) is 24.3 Å². The van der Waals surface area contributed by atoms with E-state index in [1.807, 2.05) is 12.1 Å². The molecule has 0 radical (unpaired) electrons. The summed E-state index contributed by atoms with van der Waals surface area (Å²) in [5.74, 6) is 0.882. The minimum absolute atomic E-state index is 0.196. The fourth-order valence-electron chi connectivity index (χ4n) is 1.40. The quantitative estimate of drug-likeness (QED) is 0.725. The highest BCUT2D eigenvalue weighted by atomic mass is 16.5. The normalized spacial score (nSPS) is 10.0. The Hall–Kier alpha value is -1.28. The molecule has 0 saturated carbocycles. The van der Waals surface area contributed by atoms with Crippen LogP contribution in [0.1, 0.15) is 18.4 Å². The summed E-state index contributed by atoms with van der Waals surface area (Å²) in [5, 5.41) is 8.72. The Morgan fingerprint density at radius 1 is 1.27 bits per heavy atom. The second kappa shape index (κ2) is 6.25. The first-order chi connectivity index (χ1) is 7.26. The molecular formula is C13H18O2. The summed E-state index contributed by atoms with van der Waals surface area (Å²) >= 11 is 0. The van der Waals surface area contributed by atoms with Gasteiger partial charge in [0, 0.05) is 6.61 Å². The molecule has 2 heteroatoms. The lowest BCUT2D eigenvalue weighted by molar-refractivity contribution is 0.298. The number of hydrogen-bond donors (Lipinski definition) is 1. The summed E-state index contributed by atoms with van der Waals surface area (Å²) in [6.45, 7) is 4.10. The molecule has 0 unspecified atom stereocenters. The monoisotopic (exact) mass is 206 g/mol. The van der Waals surface area contributed by atoms with Gasteiger partial charge in [-0.2, -0.15) is 0 Å². The van der Waals surface area contributed by atoms with Gasteiger partial charge in [0.05, 0.1) is 7.11 Å². The van der Waals surface area contributed by atoms with Crippen LogP contribution in [0, 0.1) is 0 Å². The highest BCUT2D eigenvalue weighted by molar-refractivity contribution is 5.27. The topological polar surface area (TPSA) is 29.5 Å². The molecule has 0 aliphatic heterocycles. The molecule has 0 bridgehead atoms. The van der Waals surface area contributed by atoms with Crippen LogP contribution in [0.25, 0.3) is 0 Å². The molecule has 0 atom stereocenters. The second-order valence-corrected chi connectivity index (χ2v) is 3.57. The Labute approximate surface area is 91.2 Å². The number of rotatable bonds is 6. The third-order valence-electron chi connectivity index (χ3n) is 2.39. The predicted octanol–water partition coefficient (Wildman–Crippen LogP) is 2.57. The van der Waals surface area contributed by atoms with E-state index in [4.69, 9.17) is 9.84 Å². The third-order valence-corrected chi connectivity index (χ3v) is 2.39. The van der Waals surface area contributed by atoms with Gasteiger partial charge in [-0.3, -0.25) is 0 Å². The summed E-state index contributed by atoms with van der Waals surface area (Å²) in [7, 11) is 1.66. The van der Waals surface area contributed by atoms with Crippen molar-refractivity contribution >= 4 is 0 Å². The first-order valence-electron chi connectivity index (χ1n) is 5.16.